The summed E-state index contributed by atoms with van der Waals surface area (Å²) >= 11 is 6.04. The van der Waals surface area contributed by atoms with Crippen LogP contribution in [0, 0.1) is 5.82 Å². The van der Waals surface area contributed by atoms with E-state index in [1.54, 1.807) is 12.1 Å². The summed E-state index contributed by atoms with van der Waals surface area (Å²) in [6, 6.07) is 12.9. The van der Waals surface area contributed by atoms with Crippen molar-refractivity contribution in [2.45, 2.75) is 26.2 Å². The van der Waals surface area contributed by atoms with E-state index in [9.17, 15) is 14.6 Å². The lowest BCUT2D eigenvalue weighted by Gasteiger charge is -2.21. The molecule has 1 aliphatic heterocycles. The molecule has 29 heavy (non-hydrogen) atoms. The molecule has 2 aromatic carbocycles. The Morgan fingerprint density at radius 2 is 1.79 bits per heavy atom. The van der Waals surface area contributed by atoms with Crippen LogP contribution in [0.25, 0.3) is 22.2 Å². The zero-order valence-corrected chi connectivity index (χ0v) is 16.7. The molecule has 0 unspecified atom stereocenters. The molecule has 148 valence electrons. The van der Waals surface area contributed by atoms with E-state index in [1.165, 1.54) is 28.2 Å². The number of aryl methyl sites for hydroxylation is 1. The van der Waals surface area contributed by atoms with Gasteiger partial charge in [0.25, 0.3) is 0 Å². The van der Waals surface area contributed by atoms with Crippen LogP contribution in [-0.4, -0.2) is 19.3 Å². The molecule has 2 N–H and O–H groups in total. The van der Waals surface area contributed by atoms with Crippen molar-refractivity contribution >= 4 is 22.5 Å². The molecule has 0 aliphatic carbocycles. The zero-order valence-electron chi connectivity index (χ0n) is 15.9. The van der Waals surface area contributed by atoms with E-state index in [4.69, 9.17) is 11.6 Å². The average Bonchev–Trinajstić information content (AvgIpc) is 3.20. The van der Waals surface area contributed by atoms with Gasteiger partial charge in [0.05, 0.1) is 30.5 Å². The van der Waals surface area contributed by atoms with Gasteiger partial charge >= 0.3 is 0 Å². The molecule has 6 heteroatoms. The van der Waals surface area contributed by atoms with Crippen LogP contribution in [0.5, 0.6) is 0 Å². The standard InChI is InChI=1S/C23H20ClFN2O2/c1-26-20-5-3-2-4-14(20)15-9-21-16(11-28)17(12-29)23(27(21)10-22(15)26)13-6-7-19(25)18(24)8-13/h2-8,28-29H,9-12H2,1H3. The van der Waals surface area contributed by atoms with E-state index in [-0.39, 0.29) is 18.2 Å². The van der Waals surface area contributed by atoms with Crippen LogP contribution in [0.4, 0.5) is 4.39 Å². The third-order valence-electron chi connectivity index (χ3n) is 6.10. The predicted octanol–water partition coefficient (Wildman–Crippen LogP) is 4.38. The van der Waals surface area contributed by atoms with Crippen LogP contribution in [0.3, 0.4) is 0 Å². The number of aromatic nitrogens is 2. The fraction of sp³-hybridized carbons (Fsp3) is 0.217. The topological polar surface area (TPSA) is 50.3 Å². The Hall–Kier alpha value is -2.60. The zero-order chi connectivity index (χ0) is 20.3. The third kappa shape index (κ3) is 2.58. The van der Waals surface area contributed by atoms with Crippen LogP contribution in [0.15, 0.2) is 42.5 Å². The number of halogens is 2. The average molecular weight is 411 g/mol. The molecule has 0 saturated heterocycles. The Kier molecular flexibility index (Phi) is 4.28. The smallest absolute Gasteiger partial charge is 0.141 e. The van der Waals surface area contributed by atoms with Gasteiger partial charge in [0.15, 0.2) is 0 Å². The largest absolute Gasteiger partial charge is 0.392 e. The van der Waals surface area contributed by atoms with Crippen molar-refractivity contribution < 1.29 is 14.6 Å². The molecule has 0 saturated carbocycles. The van der Waals surface area contributed by atoms with Gasteiger partial charge in [-0.3, -0.25) is 0 Å². The van der Waals surface area contributed by atoms with Crippen LogP contribution in [-0.2, 0) is 33.2 Å². The first-order valence-electron chi connectivity index (χ1n) is 9.50. The summed E-state index contributed by atoms with van der Waals surface area (Å²) in [6.07, 6.45) is 0.661. The number of benzene rings is 2. The quantitative estimate of drug-likeness (QED) is 0.464. The van der Waals surface area contributed by atoms with Gasteiger partial charge in [0.1, 0.15) is 5.82 Å². The van der Waals surface area contributed by atoms with Gasteiger partial charge in [0.2, 0.25) is 0 Å². The number of fused-ring (bicyclic) bond motifs is 4. The summed E-state index contributed by atoms with van der Waals surface area (Å²) in [4.78, 5) is 0. The highest BCUT2D eigenvalue weighted by Crippen LogP contribution is 2.40. The molecule has 3 heterocycles. The number of para-hydroxylation sites is 1. The van der Waals surface area contributed by atoms with Gasteiger partial charge in [-0.25, -0.2) is 4.39 Å². The first-order valence-corrected chi connectivity index (χ1v) is 9.88. The Morgan fingerprint density at radius 3 is 2.52 bits per heavy atom. The number of nitrogens with zero attached hydrogens (tertiary/aromatic N) is 2. The molecule has 0 spiro atoms. The van der Waals surface area contributed by atoms with Gasteiger partial charge in [-0.05, 0) is 29.8 Å². The van der Waals surface area contributed by atoms with Gasteiger partial charge in [0, 0.05) is 52.4 Å². The molecule has 0 bridgehead atoms. The van der Waals surface area contributed by atoms with Gasteiger partial charge in [-0.1, -0.05) is 29.8 Å². The number of rotatable bonds is 3. The second-order valence-corrected chi connectivity index (χ2v) is 7.87. The van der Waals surface area contributed by atoms with Crippen molar-refractivity contribution in [3.63, 3.8) is 0 Å². The lowest BCUT2D eigenvalue weighted by Crippen LogP contribution is -2.17. The molecule has 5 rings (SSSR count). The summed E-state index contributed by atoms with van der Waals surface area (Å²) < 4.78 is 18.1. The van der Waals surface area contributed by atoms with E-state index in [0.717, 1.165) is 22.5 Å². The van der Waals surface area contributed by atoms with Crippen molar-refractivity contribution in [3.8, 4) is 11.3 Å². The van der Waals surface area contributed by atoms with Crippen molar-refractivity contribution in [2.24, 2.45) is 7.05 Å². The summed E-state index contributed by atoms with van der Waals surface area (Å²) in [5, 5.41) is 21.5. The summed E-state index contributed by atoms with van der Waals surface area (Å²) in [5.74, 6) is -0.482. The van der Waals surface area contributed by atoms with Crippen molar-refractivity contribution in [3.05, 3.63) is 81.4 Å². The maximum Gasteiger partial charge on any atom is 0.141 e. The molecular weight excluding hydrogens is 391 g/mol. The lowest BCUT2D eigenvalue weighted by atomic mass is 9.99. The fourth-order valence-corrected chi connectivity index (χ4v) is 4.91. The first-order chi connectivity index (χ1) is 14.0. The number of aliphatic hydroxyl groups excluding tert-OH is 2. The van der Waals surface area contributed by atoms with Gasteiger partial charge in [-0.2, -0.15) is 0 Å². The maximum absolute atomic E-state index is 13.7. The monoisotopic (exact) mass is 410 g/mol. The van der Waals surface area contributed by atoms with E-state index in [0.29, 0.717) is 18.5 Å². The maximum atomic E-state index is 13.7. The minimum atomic E-state index is -0.482. The van der Waals surface area contributed by atoms with Crippen LogP contribution in [0.1, 0.15) is 28.1 Å². The highest BCUT2D eigenvalue weighted by Gasteiger charge is 2.30. The number of aliphatic hydroxyl groups is 2. The molecule has 0 atom stereocenters. The minimum Gasteiger partial charge on any atom is -0.392 e. The van der Waals surface area contributed by atoms with E-state index < -0.39 is 5.82 Å². The molecule has 1 aliphatic rings. The predicted molar refractivity (Wildman–Crippen MR) is 112 cm³/mol. The third-order valence-corrected chi connectivity index (χ3v) is 6.39. The molecular formula is C23H20ClFN2O2. The second-order valence-electron chi connectivity index (χ2n) is 7.46. The summed E-state index contributed by atoms with van der Waals surface area (Å²) in [5.41, 5.74) is 7.50. The molecule has 4 aromatic rings. The van der Waals surface area contributed by atoms with Gasteiger partial charge in [-0.15, -0.1) is 0 Å². The van der Waals surface area contributed by atoms with Crippen molar-refractivity contribution in [1.82, 2.24) is 9.13 Å². The molecule has 0 amide bonds. The van der Waals surface area contributed by atoms with E-state index >= 15 is 0 Å². The van der Waals surface area contributed by atoms with Gasteiger partial charge < -0.3 is 19.3 Å². The summed E-state index contributed by atoms with van der Waals surface area (Å²) in [7, 11) is 2.06. The second kappa shape index (κ2) is 6.73. The van der Waals surface area contributed by atoms with Crippen molar-refractivity contribution in [2.75, 3.05) is 0 Å². The molecule has 0 radical (unpaired) electrons. The van der Waals surface area contributed by atoms with E-state index in [1.807, 2.05) is 12.1 Å². The molecule has 0 fully saturated rings. The van der Waals surface area contributed by atoms with Crippen LogP contribution >= 0.6 is 11.6 Å². The van der Waals surface area contributed by atoms with Crippen LogP contribution in [0.2, 0.25) is 5.02 Å². The molecule has 2 aromatic heterocycles. The highest BCUT2D eigenvalue weighted by molar-refractivity contribution is 6.31. The van der Waals surface area contributed by atoms with Crippen LogP contribution < -0.4 is 0 Å². The van der Waals surface area contributed by atoms with Crippen molar-refractivity contribution in [1.29, 1.82) is 0 Å². The SMILES string of the molecule is Cn1c2c(c3ccccc31)Cc1c(CO)c(CO)c(-c3ccc(F)c(Cl)c3)n1C2. The number of hydrogen-bond acceptors (Lipinski definition) is 2. The lowest BCUT2D eigenvalue weighted by molar-refractivity contribution is 0.260. The fourth-order valence-electron chi connectivity index (χ4n) is 4.73. The molecule has 4 nitrogen and oxygen atoms in total. The Balaban J connectivity index is 1.78. The Bertz CT molecular complexity index is 1270. The normalized spacial score (nSPS) is 13.0. The Morgan fingerprint density at radius 1 is 1.03 bits per heavy atom. The summed E-state index contributed by atoms with van der Waals surface area (Å²) in [6.45, 7) is 0.227. The number of hydrogen-bond donors (Lipinski definition) is 2. The first kappa shape index (κ1) is 18.4. The van der Waals surface area contributed by atoms with E-state index in [2.05, 4.69) is 28.3 Å². The Labute approximate surface area is 172 Å². The highest BCUT2D eigenvalue weighted by atomic mass is 35.5. The minimum absolute atomic E-state index is 0.0357.